The van der Waals surface area contributed by atoms with E-state index >= 15 is 0 Å². The molecule has 0 rings (SSSR count). The van der Waals surface area contributed by atoms with Gasteiger partial charge in [0.25, 0.3) is 0 Å². The van der Waals surface area contributed by atoms with Crippen molar-refractivity contribution in [3.63, 3.8) is 0 Å². The summed E-state index contributed by atoms with van der Waals surface area (Å²) >= 11 is 0. The fraction of sp³-hybridized carbons (Fsp3) is 0.833. The highest BCUT2D eigenvalue weighted by atomic mass is 16.6. The monoisotopic (exact) mass is 298 g/mol. The summed E-state index contributed by atoms with van der Waals surface area (Å²) < 4.78 is 9.74. The average molecular weight is 298 g/mol. The van der Waals surface area contributed by atoms with Crippen molar-refractivity contribution in [2.75, 3.05) is 14.2 Å². The molecule has 0 fully saturated rings. The SMILES string of the molecule is CCCCCCCCCCC/C=C/CC(OC)C(=O)OC. The molecular formula is C18H34O3. The second-order valence-corrected chi connectivity index (χ2v) is 5.57. The first kappa shape index (κ1) is 20.2. The van der Waals surface area contributed by atoms with Crippen LogP contribution in [0.1, 0.15) is 77.6 Å². The molecule has 0 amide bonds. The van der Waals surface area contributed by atoms with E-state index in [9.17, 15) is 4.79 Å². The Morgan fingerprint density at radius 2 is 1.48 bits per heavy atom. The summed E-state index contributed by atoms with van der Waals surface area (Å²) in [7, 11) is 2.93. The molecule has 0 saturated carbocycles. The van der Waals surface area contributed by atoms with Crippen LogP contribution in [0.3, 0.4) is 0 Å². The molecule has 0 aliphatic rings. The maximum Gasteiger partial charge on any atom is 0.335 e. The Bertz CT molecular complexity index is 261. The van der Waals surface area contributed by atoms with Crippen molar-refractivity contribution in [2.45, 2.75) is 83.7 Å². The van der Waals surface area contributed by atoms with Gasteiger partial charge in [-0.2, -0.15) is 0 Å². The van der Waals surface area contributed by atoms with E-state index in [2.05, 4.69) is 17.7 Å². The van der Waals surface area contributed by atoms with Crippen LogP contribution < -0.4 is 0 Å². The number of unbranched alkanes of at least 4 members (excludes halogenated alkanes) is 9. The van der Waals surface area contributed by atoms with Gasteiger partial charge in [0, 0.05) is 13.5 Å². The topological polar surface area (TPSA) is 35.5 Å². The predicted molar refractivity (Wildman–Crippen MR) is 88.4 cm³/mol. The van der Waals surface area contributed by atoms with Gasteiger partial charge in [-0.05, 0) is 12.8 Å². The van der Waals surface area contributed by atoms with E-state index < -0.39 is 6.10 Å². The Balaban J connectivity index is 3.38. The van der Waals surface area contributed by atoms with Crippen LogP contribution in [-0.2, 0) is 14.3 Å². The first-order valence-corrected chi connectivity index (χ1v) is 8.51. The minimum absolute atomic E-state index is 0.301. The van der Waals surface area contributed by atoms with Crippen LogP contribution >= 0.6 is 0 Å². The summed E-state index contributed by atoms with van der Waals surface area (Å²) in [4.78, 5) is 11.3. The third kappa shape index (κ3) is 12.6. The summed E-state index contributed by atoms with van der Waals surface area (Å²) in [6, 6.07) is 0. The van der Waals surface area contributed by atoms with Gasteiger partial charge >= 0.3 is 5.97 Å². The van der Waals surface area contributed by atoms with Crippen LogP contribution in [0.2, 0.25) is 0 Å². The highest BCUT2D eigenvalue weighted by molar-refractivity contribution is 5.74. The number of carbonyl (C=O) groups is 1. The smallest absolute Gasteiger partial charge is 0.335 e. The minimum atomic E-state index is -0.464. The lowest BCUT2D eigenvalue weighted by Gasteiger charge is -2.09. The maximum absolute atomic E-state index is 11.3. The van der Waals surface area contributed by atoms with Gasteiger partial charge < -0.3 is 9.47 Å². The second-order valence-electron chi connectivity index (χ2n) is 5.57. The molecule has 3 heteroatoms. The van der Waals surface area contributed by atoms with Gasteiger partial charge in [-0.25, -0.2) is 4.79 Å². The highest BCUT2D eigenvalue weighted by Gasteiger charge is 2.15. The zero-order valence-electron chi connectivity index (χ0n) is 14.2. The number of esters is 1. The lowest BCUT2D eigenvalue weighted by atomic mass is 10.1. The van der Waals surface area contributed by atoms with Crippen molar-refractivity contribution in [3.05, 3.63) is 12.2 Å². The summed E-state index contributed by atoms with van der Waals surface area (Å²) in [6.07, 6.45) is 17.6. The minimum Gasteiger partial charge on any atom is -0.467 e. The van der Waals surface area contributed by atoms with Gasteiger partial charge in [0.15, 0.2) is 6.10 Å². The third-order valence-corrected chi connectivity index (χ3v) is 3.74. The van der Waals surface area contributed by atoms with Gasteiger partial charge in [0.05, 0.1) is 7.11 Å². The normalized spacial score (nSPS) is 12.7. The van der Waals surface area contributed by atoms with Gasteiger partial charge in [-0.15, -0.1) is 0 Å². The predicted octanol–water partition coefficient (Wildman–Crippen LogP) is 5.04. The fourth-order valence-electron chi connectivity index (χ4n) is 2.33. The number of allylic oxidation sites excluding steroid dienone is 1. The Morgan fingerprint density at radius 1 is 0.905 bits per heavy atom. The van der Waals surface area contributed by atoms with E-state index in [0.717, 1.165) is 6.42 Å². The van der Waals surface area contributed by atoms with E-state index in [1.54, 1.807) is 0 Å². The quantitative estimate of drug-likeness (QED) is 0.256. The molecule has 0 aromatic rings. The molecule has 3 nitrogen and oxygen atoms in total. The van der Waals surface area contributed by atoms with Crippen LogP contribution in [0.4, 0.5) is 0 Å². The van der Waals surface area contributed by atoms with Crippen LogP contribution in [-0.4, -0.2) is 26.3 Å². The van der Waals surface area contributed by atoms with Crippen molar-refractivity contribution in [1.29, 1.82) is 0 Å². The molecule has 21 heavy (non-hydrogen) atoms. The number of ether oxygens (including phenoxy) is 2. The van der Waals surface area contributed by atoms with Gasteiger partial charge in [0.1, 0.15) is 0 Å². The summed E-state index contributed by atoms with van der Waals surface area (Å²) in [5, 5.41) is 0. The molecule has 0 aliphatic carbocycles. The molecule has 0 radical (unpaired) electrons. The van der Waals surface area contributed by atoms with Gasteiger partial charge in [-0.3, -0.25) is 0 Å². The first-order chi connectivity index (χ1) is 10.3. The Morgan fingerprint density at radius 3 is 2.00 bits per heavy atom. The van der Waals surface area contributed by atoms with Crippen LogP contribution in [0, 0.1) is 0 Å². The summed E-state index contributed by atoms with van der Waals surface area (Å²) in [6.45, 7) is 2.26. The van der Waals surface area contributed by atoms with Gasteiger partial charge in [-0.1, -0.05) is 70.4 Å². The molecule has 0 aliphatic heterocycles. The van der Waals surface area contributed by atoms with Crippen LogP contribution in [0.25, 0.3) is 0 Å². The summed E-state index contributed by atoms with van der Waals surface area (Å²) in [5.74, 6) is -0.301. The molecule has 0 aromatic heterocycles. The van der Waals surface area contributed by atoms with Crippen molar-refractivity contribution in [2.24, 2.45) is 0 Å². The largest absolute Gasteiger partial charge is 0.467 e. The molecule has 124 valence electrons. The molecule has 0 bridgehead atoms. The molecule has 1 unspecified atom stereocenters. The second kappa shape index (κ2) is 15.6. The number of rotatable bonds is 14. The number of methoxy groups -OCH3 is 2. The van der Waals surface area contributed by atoms with Crippen molar-refractivity contribution >= 4 is 5.97 Å². The zero-order valence-corrected chi connectivity index (χ0v) is 14.2. The van der Waals surface area contributed by atoms with Crippen molar-refractivity contribution < 1.29 is 14.3 Å². The number of hydrogen-bond donors (Lipinski definition) is 0. The highest BCUT2D eigenvalue weighted by Crippen LogP contribution is 2.11. The zero-order chi connectivity index (χ0) is 15.8. The van der Waals surface area contributed by atoms with Crippen LogP contribution in [0.15, 0.2) is 12.2 Å². The van der Waals surface area contributed by atoms with Crippen LogP contribution in [0.5, 0.6) is 0 Å². The maximum atomic E-state index is 11.3. The Labute approximate surface area is 131 Å². The van der Waals surface area contributed by atoms with E-state index in [1.165, 1.54) is 72.0 Å². The molecule has 0 saturated heterocycles. The fourth-order valence-corrected chi connectivity index (χ4v) is 2.33. The first-order valence-electron chi connectivity index (χ1n) is 8.51. The molecule has 0 spiro atoms. The van der Waals surface area contributed by atoms with Crippen molar-refractivity contribution in [3.8, 4) is 0 Å². The molecule has 0 N–H and O–H groups in total. The Hall–Kier alpha value is -0.830. The number of hydrogen-bond acceptors (Lipinski definition) is 3. The lowest BCUT2D eigenvalue weighted by molar-refractivity contribution is -0.151. The molecule has 0 heterocycles. The standard InChI is InChI=1S/C18H34O3/c1-4-5-6-7-8-9-10-11-12-13-14-15-16-17(20-2)18(19)21-3/h14-15,17H,4-13,16H2,1-3H3/b15-14+. The van der Waals surface area contributed by atoms with E-state index in [4.69, 9.17) is 4.74 Å². The molecular weight excluding hydrogens is 264 g/mol. The van der Waals surface area contributed by atoms with E-state index in [0.29, 0.717) is 6.42 Å². The third-order valence-electron chi connectivity index (χ3n) is 3.74. The summed E-state index contributed by atoms with van der Waals surface area (Å²) in [5.41, 5.74) is 0. The number of carbonyl (C=O) groups excluding carboxylic acids is 1. The van der Waals surface area contributed by atoms with Crippen molar-refractivity contribution in [1.82, 2.24) is 0 Å². The molecule has 1 atom stereocenters. The average Bonchev–Trinajstić information content (AvgIpc) is 2.51. The van der Waals surface area contributed by atoms with E-state index in [1.807, 2.05) is 6.08 Å². The Kier molecular flexibility index (Phi) is 14.9. The van der Waals surface area contributed by atoms with E-state index in [-0.39, 0.29) is 5.97 Å². The van der Waals surface area contributed by atoms with Gasteiger partial charge in [0.2, 0.25) is 0 Å². The molecule has 0 aromatic carbocycles. The lowest BCUT2D eigenvalue weighted by Crippen LogP contribution is -2.23.